The van der Waals surface area contributed by atoms with E-state index in [0.29, 0.717) is 0 Å². The van der Waals surface area contributed by atoms with Gasteiger partial charge in [0.2, 0.25) is 0 Å². The molecular formula is C17H23N5. The zero-order valence-corrected chi connectivity index (χ0v) is 13.6. The topological polar surface area (TPSA) is 53.9 Å². The molecule has 1 fully saturated rings. The Bertz CT molecular complexity index is 662. The van der Waals surface area contributed by atoms with Gasteiger partial charge in [0, 0.05) is 24.8 Å². The molecule has 0 amide bonds. The summed E-state index contributed by atoms with van der Waals surface area (Å²) in [7, 11) is 0. The molecule has 1 saturated heterocycles. The molecule has 0 atom stereocenters. The molecule has 0 unspecified atom stereocenters. The molecule has 0 aliphatic carbocycles. The van der Waals surface area contributed by atoms with Crippen LogP contribution in [0.2, 0.25) is 0 Å². The quantitative estimate of drug-likeness (QED) is 0.937. The molecule has 1 aliphatic heterocycles. The van der Waals surface area contributed by atoms with Crippen molar-refractivity contribution >= 4 is 17.3 Å². The van der Waals surface area contributed by atoms with Gasteiger partial charge in [0.25, 0.3) is 0 Å². The van der Waals surface area contributed by atoms with E-state index in [1.165, 1.54) is 12.8 Å². The van der Waals surface area contributed by atoms with Gasteiger partial charge in [-0.3, -0.25) is 0 Å². The minimum atomic E-state index is 0.793. The van der Waals surface area contributed by atoms with Crippen LogP contribution in [0.3, 0.4) is 0 Å². The van der Waals surface area contributed by atoms with E-state index in [0.717, 1.165) is 54.0 Å². The summed E-state index contributed by atoms with van der Waals surface area (Å²) in [6, 6.07) is 6.19. The lowest BCUT2D eigenvalue weighted by molar-refractivity contribution is 0.929. The van der Waals surface area contributed by atoms with Gasteiger partial charge in [-0.2, -0.15) is 0 Å². The molecule has 22 heavy (non-hydrogen) atoms. The van der Waals surface area contributed by atoms with Crippen LogP contribution in [0.5, 0.6) is 0 Å². The number of pyridine rings is 1. The minimum absolute atomic E-state index is 0.793. The molecule has 5 nitrogen and oxygen atoms in total. The van der Waals surface area contributed by atoms with Crippen molar-refractivity contribution in [2.75, 3.05) is 23.3 Å². The number of anilines is 3. The second-order valence-corrected chi connectivity index (χ2v) is 5.77. The lowest BCUT2D eigenvalue weighted by Gasteiger charge is -2.18. The molecular weight excluding hydrogens is 274 g/mol. The highest BCUT2D eigenvalue weighted by atomic mass is 15.2. The van der Waals surface area contributed by atoms with Crippen molar-refractivity contribution in [2.45, 2.75) is 40.0 Å². The third-order valence-electron chi connectivity index (χ3n) is 4.02. The summed E-state index contributed by atoms with van der Waals surface area (Å²) in [6.07, 6.45) is 3.44. The Morgan fingerprint density at radius 2 is 1.86 bits per heavy atom. The summed E-state index contributed by atoms with van der Waals surface area (Å²) in [5, 5.41) is 3.37. The van der Waals surface area contributed by atoms with Gasteiger partial charge in [-0.25, -0.2) is 15.0 Å². The molecule has 116 valence electrons. The first-order valence-corrected chi connectivity index (χ1v) is 8.00. The molecule has 1 aliphatic rings. The van der Waals surface area contributed by atoms with E-state index in [2.05, 4.69) is 39.2 Å². The van der Waals surface area contributed by atoms with E-state index in [-0.39, 0.29) is 0 Å². The number of rotatable bonds is 4. The first kappa shape index (κ1) is 14.8. The predicted molar refractivity (Wildman–Crippen MR) is 89.9 cm³/mol. The Balaban J connectivity index is 1.81. The van der Waals surface area contributed by atoms with Crippen molar-refractivity contribution in [2.24, 2.45) is 0 Å². The average molecular weight is 297 g/mol. The highest BCUT2D eigenvalue weighted by molar-refractivity contribution is 5.61. The lowest BCUT2D eigenvalue weighted by Crippen LogP contribution is -2.19. The Labute approximate surface area is 131 Å². The van der Waals surface area contributed by atoms with Crippen molar-refractivity contribution in [3.05, 3.63) is 35.4 Å². The summed E-state index contributed by atoms with van der Waals surface area (Å²) in [6.45, 7) is 8.29. The summed E-state index contributed by atoms with van der Waals surface area (Å²) < 4.78 is 0. The van der Waals surface area contributed by atoms with Gasteiger partial charge in [-0.1, -0.05) is 6.92 Å². The van der Waals surface area contributed by atoms with Crippen LogP contribution in [0.25, 0.3) is 0 Å². The van der Waals surface area contributed by atoms with Gasteiger partial charge >= 0.3 is 0 Å². The third kappa shape index (κ3) is 3.18. The van der Waals surface area contributed by atoms with Crippen molar-refractivity contribution in [1.29, 1.82) is 0 Å². The van der Waals surface area contributed by atoms with E-state index >= 15 is 0 Å². The molecule has 3 rings (SSSR count). The Hall–Kier alpha value is -2.17. The van der Waals surface area contributed by atoms with Crippen molar-refractivity contribution in [3.8, 4) is 0 Å². The summed E-state index contributed by atoms with van der Waals surface area (Å²) in [4.78, 5) is 16.0. The Morgan fingerprint density at radius 3 is 2.55 bits per heavy atom. The van der Waals surface area contributed by atoms with Crippen LogP contribution < -0.4 is 10.2 Å². The second kappa shape index (κ2) is 6.30. The molecule has 2 aromatic rings. The zero-order chi connectivity index (χ0) is 15.5. The maximum atomic E-state index is 4.74. The fourth-order valence-electron chi connectivity index (χ4n) is 2.81. The Kier molecular flexibility index (Phi) is 4.22. The molecule has 3 heterocycles. The van der Waals surface area contributed by atoms with Crippen molar-refractivity contribution in [1.82, 2.24) is 15.0 Å². The molecule has 5 heteroatoms. The number of nitrogens with one attached hydrogen (secondary N) is 1. The van der Waals surface area contributed by atoms with Crippen LogP contribution in [0.4, 0.5) is 17.3 Å². The third-order valence-corrected chi connectivity index (χ3v) is 4.02. The van der Waals surface area contributed by atoms with Gasteiger partial charge in [-0.15, -0.1) is 0 Å². The van der Waals surface area contributed by atoms with Crippen molar-refractivity contribution < 1.29 is 0 Å². The molecule has 2 aromatic heterocycles. The van der Waals surface area contributed by atoms with Crippen molar-refractivity contribution in [3.63, 3.8) is 0 Å². The minimum Gasteiger partial charge on any atom is -0.357 e. The second-order valence-electron chi connectivity index (χ2n) is 5.77. The highest BCUT2D eigenvalue weighted by Gasteiger charge is 2.14. The lowest BCUT2D eigenvalue weighted by atomic mass is 10.2. The van der Waals surface area contributed by atoms with Crippen LogP contribution >= 0.6 is 0 Å². The van der Waals surface area contributed by atoms with Gasteiger partial charge < -0.3 is 10.2 Å². The van der Waals surface area contributed by atoms with E-state index in [1.807, 2.05) is 19.9 Å². The maximum absolute atomic E-state index is 4.74. The highest BCUT2D eigenvalue weighted by Crippen LogP contribution is 2.24. The summed E-state index contributed by atoms with van der Waals surface area (Å²) in [5.74, 6) is 2.71. The van der Waals surface area contributed by atoms with Crippen LogP contribution in [0, 0.1) is 13.8 Å². The number of aryl methyl sites for hydroxylation is 3. The number of hydrogen-bond acceptors (Lipinski definition) is 5. The standard InChI is InChI=1S/C17H23N5/c1-4-14-11-16(20-13(3)19-14)21-15-7-8-17(18-12(15)2)22-9-5-6-10-22/h7-8,11H,4-6,9-10H2,1-3H3,(H,19,20,21). The monoisotopic (exact) mass is 297 g/mol. The molecule has 0 radical (unpaired) electrons. The fraction of sp³-hybridized carbons (Fsp3) is 0.471. The molecule has 0 saturated carbocycles. The zero-order valence-electron chi connectivity index (χ0n) is 13.6. The summed E-state index contributed by atoms with van der Waals surface area (Å²) >= 11 is 0. The molecule has 1 N–H and O–H groups in total. The SMILES string of the molecule is CCc1cc(Nc2ccc(N3CCCC3)nc2C)nc(C)n1. The molecule has 0 bridgehead atoms. The van der Waals surface area contributed by atoms with E-state index in [9.17, 15) is 0 Å². The van der Waals surface area contributed by atoms with Crippen LogP contribution in [-0.4, -0.2) is 28.0 Å². The normalized spacial score (nSPS) is 14.4. The van der Waals surface area contributed by atoms with Gasteiger partial charge in [0.15, 0.2) is 0 Å². The van der Waals surface area contributed by atoms with Crippen LogP contribution in [0.15, 0.2) is 18.2 Å². The largest absolute Gasteiger partial charge is 0.357 e. The van der Waals surface area contributed by atoms with E-state index in [1.54, 1.807) is 0 Å². The first-order chi connectivity index (χ1) is 10.7. The van der Waals surface area contributed by atoms with Crippen LogP contribution in [-0.2, 0) is 6.42 Å². The average Bonchev–Trinajstić information content (AvgIpc) is 3.03. The molecule has 0 aromatic carbocycles. The summed E-state index contributed by atoms with van der Waals surface area (Å²) in [5.41, 5.74) is 3.05. The van der Waals surface area contributed by atoms with Crippen LogP contribution in [0.1, 0.15) is 37.0 Å². The number of nitrogens with zero attached hydrogens (tertiary/aromatic N) is 4. The smallest absolute Gasteiger partial charge is 0.134 e. The van der Waals surface area contributed by atoms with Gasteiger partial charge in [0.1, 0.15) is 17.5 Å². The van der Waals surface area contributed by atoms with E-state index < -0.39 is 0 Å². The van der Waals surface area contributed by atoms with Gasteiger partial charge in [-0.05, 0) is 45.2 Å². The number of aromatic nitrogens is 3. The fourth-order valence-corrected chi connectivity index (χ4v) is 2.81. The molecule has 0 spiro atoms. The van der Waals surface area contributed by atoms with Gasteiger partial charge in [0.05, 0.1) is 11.4 Å². The van der Waals surface area contributed by atoms with E-state index in [4.69, 9.17) is 4.98 Å². The predicted octanol–water partition coefficient (Wildman–Crippen LogP) is 3.39. The number of hydrogen-bond donors (Lipinski definition) is 1. The Morgan fingerprint density at radius 1 is 1.09 bits per heavy atom. The maximum Gasteiger partial charge on any atom is 0.134 e. The first-order valence-electron chi connectivity index (χ1n) is 8.00.